The Morgan fingerprint density at radius 3 is 1.83 bits per heavy atom. The number of rotatable bonds is 1. The van der Waals surface area contributed by atoms with E-state index in [2.05, 4.69) is 0 Å². The molecule has 0 fully saturated rings. The maximum absolute atomic E-state index is 9.49. The Labute approximate surface area is 37.6 Å². The average Bonchev–Trinajstić information content (AvgIpc) is 1.36. The fraction of sp³-hybridized carbons (Fsp3) is 1.00. The second kappa shape index (κ2) is 2.15. The van der Waals surface area contributed by atoms with Gasteiger partial charge >= 0.3 is 0 Å². The summed E-state index contributed by atoms with van der Waals surface area (Å²) in [5.74, 6) is 0. The van der Waals surface area contributed by atoms with Crippen LogP contribution in [-0.4, -0.2) is 19.0 Å². The Morgan fingerprint density at radius 1 is 1.67 bits per heavy atom. The molecular weight excluding hydrogens is 104 g/mol. The summed E-state index contributed by atoms with van der Waals surface area (Å²) in [5.41, 5.74) is -1.19. The van der Waals surface area contributed by atoms with Crippen molar-refractivity contribution < 1.29 is 13.5 Å². The summed E-state index contributed by atoms with van der Waals surface area (Å²) < 4.78 is 19.0. The highest BCUT2D eigenvalue weighted by molar-refractivity contribution is 7.72. The molecule has 0 amide bonds. The predicted octanol–water partition coefficient (Wildman–Crippen LogP) is -1.06. The summed E-state index contributed by atoms with van der Waals surface area (Å²) >= 11 is 0. The molecule has 0 rings (SSSR count). The van der Waals surface area contributed by atoms with Gasteiger partial charge in [0.25, 0.3) is 0 Å². The number of thiol groups is 1. The molecule has 3 nitrogen and oxygen atoms in total. The summed E-state index contributed by atoms with van der Waals surface area (Å²) in [6.45, 7) is 1.20. The fourth-order valence-corrected chi connectivity index (χ4v) is 0. The largest absolute Gasteiger partial charge is 0.378 e. The quantitative estimate of drug-likeness (QED) is 0.423. The highest BCUT2D eigenvalue weighted by Crippen LogP contribution is 1.73. The lowest BCUT2D eigenvalue weighted by molar-refractivity contribution is 0.273. The minimum Gasteiger partial charge on any atom is -0.378 e. The molecule has 1 unspecified atom stereocenters. The van der Waals surface area contributed by atoms with Crippen LogP contribution in [0.1, 0.15) is 6.92 Å². The lowest BCUT2D eigenvalue weighted by atomic mass is 10.9. The zero-order valence-corrected chi connectivity index (χ0v) is 4.18. The van der Waals surface area contributed by atoms with E-state index in [1.165, 1.54) is 6.92 Å². The van der Waals surface area contributed by atoms with Gasteiger partial charge in [0.2, 0.25) is 0 Å². The molecule has 0 aliphatic rings. The van der Waals surface area contributed by atoms with Crippen LogP contribution >= 0.6 is 0 Å². The van der Waals surface area contributed by atoms with Gasteiger partial charge in [0, 0.05) is 0 Å². The van der Waals surface area contributed by atoms with Crippen molar-refractivity contribution >= 4 is 10.7 Å². The van der Waals surface area contributed by atoms with Gasteiger partial charge in [-0.2, -0.15) is 0 Å². The van der Waals surface area contributed by atoms with E-state index in [1.54, 1.807) is 0 Å². The molecule has 4 heteroatoms. The Morgan fingerprint density at radius 2 is 1.83 bits per heavy atom. The Balaban J connectivity index is 3.57. The Kier molecular flexibility index (Phi) is 2.12. The molecule has 0 bridgehead atoms. The van der Waals surface area contributed by atoms with E-state index in [0.29, 0.717) is 0 Å². The van der Waals surface area contributed by atoms with E-state index in [9.17, 15) is 8.42 Å². The van der Waals surface area contributed by atoms with Crippen LogP contribution in [0.5, 0.6) is 0 Å². The monoisotopic (exact) mass is 110 g/mol. The third-order valence-corrected chi connectivity index (χ3v) is 0.915. The zero-order valence-electron chi connectivity index (χ0n) is 3.29. The first-order valence-corrected chi connectivity index (χ1v) is 2.71. The summed E-state index contributed by atoms with van der Waals surface area (Å²) in [4.78, 5) is 0. The van der Waals surface area contributed by atoms with Gasteiger partial charge in [-0.05, 0) is 6.92 Å². The number of aliphatic hydroxyl groups excluding tert-OH is 1. The van der Waals surface area contributed by atoms with Crippen molar-refractivity contribution in [1.29, 1.82) is 0 Å². The Bertz CT molecular complexity index is 85.0. The average molecular weight is 110 g/mol. The van der Waals surface area contributed by atoms with Gasteiger partial charge in [-0.25, -0.2) is 8.42 Å². The summed E-state index contributed by atoms with van der Waals surface area (Å²) in [7, 11) is -2.60. The molecule has 0 heterocycles. The molecule has 38 valence electrons. The van der Waals surface area contributed by atoms with Crippen molar-refractivity contribution in [2.45, 2.75) is 12.4 Å². The minimum absolute atomic E-state index is 1.19. The van der Waals surface area contributed by atoms with Crippen LogP contribution < -0.4 is 0 Å². The van der Waals surface area contributed by atoms with Gasteiger partial charge in [-0.3, -0.25) is 0 Å². The second-order valence-corrected chi connectivity index (χ2v) is 2.24. The molecule has 0 aromatic rings. The van der Waals surface area contributed by atoms with Crippen molar-refractivity contribution in [3.8, 4) is 0 Å². The standard InChI is InChI=1S/C2H6O3S/c1-2(3)6(4)5/h2-3,6H,1H3. The van der Waals surface area contributed by atoms with Crippen molar-refractivity contribution in [3.63, 3.8) is 0 Å². The Hall–Kier alpha value is -0.0900. The lowest BCUT2D eigenvalue weighted by Crippen LogP contribution is -1.99. The molecule has 0 aliphatic heterocycles. The fourth-order valence-electron chi connectivity index (χ4n) is 0. The van der Waals surface area contributed by atoms with Gasteiger partial charge in [-0.15, -0.1) is 0 Å². The molecule has 0 aromatic carbocycles. The highest BCUT2D eigenvalue weighted by Gasteiger charge is 1.90. The molecule has 0 aromatic heterocycles. The first-order chi connectivity index (χ1) is 2.64. The number of hydrogen-bond acceptors (Lipinski definition) is 3. The molecule has 0 saturated heterocycles. The third-order valence-electron chi connectivity index (χ3n) is 0.305. The van der Waals surface area contributed by atoms with E-state index in [0.717, 1.165) is 0 Å². The van der Waals surface area contributed by atoms with Crippen LogP contribution in [0.25, 0.3) is 0 Å². The van der Waals surface area contributed by atoms with Crippen LogP contribution in [-0.2, 0) is 10.7 Å². The molecule has 1 atom stereocenters. The smallest absolute Gasteiger partial charge is 0.166 e. The summed E-state index contributed by atoms with van der Waals surface area (Å²) in [6, 6.07) is 0. The number of hydrogen-bond donors (Lipinski definition) is 2. The van der Waals surface area contributed by atoms with Crippen LogP contribution in [0.15, 0.2) is 0 Å². The topological polar surface area (TPSA) is 54.4 Å². The summed E-state index contributed by atoms with van der Waals surface area (Å²) in [5, 5.41) is 8.03. The number of aliphatic hydroxyl groups is 1. The van der Waals surface area contributed by atoms with Crippen LogP contribution in [0.4, 0.5) is 0 Å². The van der Waals surface area contributed by atoms with Gasteiger partial charge < -0.3 is 5.11 Å². The van der Waals surface area contributed by atoms with Gasteiger partial charge in [-0.1, -0.05) is 0 Å². The minimum atomic E-state index is -2.60. The van der Waals surface area contributed by atoms with E-state index in [-0.39, 0.29) is 0 Å². The zero-order chi connectivity index (χ0) is 5.15. The van der Waals surface area contributed by atoms with Gasteiger partial charge in [0.15, 0.2) is 10.7 Å². The van der Waals surface area contributed by atoms with E-state index in [1.807, 2.05) is 0 Å². The van der Waals surface area contributed by atoms with Crippen molar-refractivity contribution in [2.24, 2.45) is 0 Å². The highest BCUT2D eigenvalue weighted by atomic mass is 32.2. The normalized spacial score (nSPS) is 15.2. The van der Waals surface area contributed by atoms with E-state index in [4.69, 9.17) is 5.11 Å². The van der Waals surface area contributed by atoms with Crippen LogP contribution in [0.3, 0.4) is 0 Å². The van der Waals surface area contributed by atoms with Crippen molar-refractivity contribution in [1.82, 2.24) is 0 Å². The molecule has 6 heavy (non-hydrogen) atoms. The first-order valence-electron chi connectivity index (χ1n) is 1.46. The summed E-state index contributed by atoms with van der Waals surface area (Å²) in [6.07, 6.45) is 0. The van der Waals surface area contributed by atoms with Crippen molar-refractivity contribution in [3.05, 3.63) is 0 Å². The first kappa shape index (κ1) is 5.91. The van der Waals surface area contributed by atoms with Crippen LogP contribution in [0, 0.1) is 0 Å². The lowest BCUT2D eigenvalue weighted by Gasteiger charge is -1.83. The van der Waals surface area contributed by atoms with E-state index >= 15 is 0 Å². The van der Waals surface area contributed by atoms with Gasteiger partial charge in [0.05, 0.1) is 0 Å². The third kappa shape index (κ3) is 2.17. The molecule has 0 spiro atoms. The maximum Gasteiger partial charge on any atom is 0.166 e. The SMILES string of the molecule is CC(O)[SH](=O)=O. The second-order valence-electron chi connectivity index (χ2n) is 0.917. The van der Waals surface area contributed by atoms with E-state index < -0.39 is 16.1 Å². The van der Waals surface area contributed by atoms with Crippen molar-refractivity contribution in [2.75, 3.05) is 0 Å². The van der Waals surface area contributed by atoms with Crippen LogP contribution in [0.2, 0.25) is 0 Å². The molecule has 0 saturated carbocycles. The molecular formula is C2H6O3S. The molecule has 1 N–H and O–H groups in total. The van der Waals surface area contributed by atoms with Gasteiger partial charge in [0.1, 0.15) is 5.44 Å². The molecule has 0 radical (unpaired) electrons. The molecule has 0 aliphatic carbocycles. The predicted molar refractivity (Wildman–Crippen MR) is 22.0 cm³/mol. The maximum atomic E-state index is 9.49.